The number of hydrogen-bond acceptors (Lipinski definition) is 5. The molecule has 1 fully saturated rings. The van der Waals surface area contributed by atoms with Crippen LogP contribution < -0.4 is 0 Å². The van der Waals surface area contributed by atoms with Crippen molar-refractivity contribution in [3.63, 3.8) is 0 Å². The molecule has 0 aromatic carbocycles. The van der Waals surface area contributed by atoms with E-state index in [1.165, 1.54) is 0 Å². The Morgan fingerprint density at radius 1 is 1.30 bits per heavy atom. The number of amides is 1. The Morgan fingerprint density at radius 3 is 2.50 bits per heavy atom. The summed E-state index contributed by atoms with van der Waals surface area (Å²) >= 11 is 0. The fourth-order valence-electron chi connectivity index (χ4n) is 3.68. The highest BCUT2D eigenvalue weighted by molar-refractivity contribution is 5.99. The van der Waals surface area contributed by atoms with Crippen LogP contribution in [0.5, 0.6) is 0 Å². The summed E-state index contributed by atoms with van der Waals surface area (Å²) in [6.07, 6.45) is 2.47. The van der Waals surface area contributed by atoms with Gasteiger partial charge in [-0.05, 0) is 57.7 Å². The molecule has 0 N–H and O–H groups in total. The Hall–Kier alpha value is -2.59. The maximum atomic E-state index is 12.4. The second kappa shape index (κ2) is 10.4. The lowest BCUT2D eigenvalue weighted by Gasteiger charge is -2.35. The van der Waals surface area contributed by atoms with E-state index in [1.807, 2.05) is 39.8 Å². The molecule has 164 valence electrons. The van der Waals surface area contributed by atoms with Gasteiger partial charge in [0, 0.05) is 31.0 Å². The molecule has 1 aliphatic rings. The van der Waals surface area contributed by atoms with E-state index in [4.69, 9.17) is 9.47 Å². The number of nitriles is 1. The summed E-state index contributed by atoms with van der Waals surface area (Å²) in [6, 6.07) is 3.87. The van der Waals surface area contributed by atoms with Crippen molar-refractivity contribution in [3.8, 4) is 6.07 Å². The fourth-order valence-corrected chi connectivity index (χ4v) is 3.68. The largest absolute Gasteiger partial charge is 0.451 e. The van der Waals surface area contributed by atoms with Crippen LogP contribution in [0.2, 0.25) is 0 Å². The number of hydrogen-bond donors (Lipinski definition) is 0. The summed E-state index contributed by atoms with van der Waals surface area (Å²) in [5.41, 5.74) is 2.78. The maximum absolute atomic E-state index is 12.4. The smallest absolute Gasteiger partial charge is 0.349 e. The zero-order valence-corrected chi connectivity index (χ0v) is 18.9. The van der Waals surface area contributed by atoms with Gasteiger partial charge in [-0.15, -0.1) is 0 Å². The highest BCUT2D eigenvalue weighted by Gasteiger charge is 2.26. The monoisotopic (exact) mass is 415 g/mol. The van der Waals surface area contributed by atoms with Crippen molar-refractivity contribution in [1.29, 1.82) is 5.26 Å². The van der Waals surface area contributed by atoms with Gasteiger partial charge in [-0.3, -0.25) is 4.79 Å². The van der Waals surface area contributed by atoms with Crippen LogP contribution in [0, 0.1) is 31.1 Å². The first-order chi connectivity index (χ1) is 14.1. The second-order valence-corrected chi connectivity index (χ2v) is 8.46. The number of morpholine rings is 1. The molecule has 0 unspecified atom stereocenters. The minimum atomic E-state index is -0.785. The number of aromatic nitrogens is 1. The van der Waals surface area contributed by atoms with E-state index >= 15 is 0 Å². The van der Waals surface area contributed by atoms with Gasteiger partial charge in [-0.2, -0.15) is 5.26 Å². The first-order valence-corrected chi connectivity index (χ1v) is 10.5. The van der Waals surface area contributed by atoms with Crippen LogP contribution in [-0.2, 0) is 25.6 Å². The lowest BCUT2D eigenvalue weighted by Crippen LogP contribution is -2.49. The van der Waals surface area contributed by atoms with Gasteiger partial charge in [0.05, 0.1) is 12.2 Å². The highest BCUT2D eigenvalue weighted by Crippen LogP contribution is 2.20. The van der Waals surface area contributed by atoms with Crippen LogP contribution in [0.25, 0.3) is 6.08 Å². The molecule has 2 atom stereocenters. The number of rotatable bonds is 7. The molecular formula is C23H33N3O4. The van der Waals surface area contributed by atoms with Gasteiger partial charge >= 0.3 is 5.97 Å². The molecule has 1 aromatic heterocycles. The van der Waals surface area contributed by atoms with E-state index in [-0.39, 0.29) is 30.3 Å². The van der Waals surface area contributed by atoms with E-state index in [2.05, 4.69) is 18.4 Å². The van der Waals surface area contributed by atoms with Crippen LogP contribution in [0.1, 0.15) is 51.1 Å². The molecule has 1 aliphatic heterocycles. The highest BCUT2D eigenvalue weighted by atomic mass is 16.5. The third-order valence-corrected chi connectivity index (χ3v) is 5.28. The quantitative estimate of drug-likeness (QED) is 0.388. The van der Waals surface area contributed by atoms with E-state index in [0.29, 0.717) is 19.0 Å². The van der Waals surface area contributed by atoms with Crippen molar-refractivity contribution in [3.05, 3.63) is 28.6 Å². The minimum Gasteiger partial charge on any atom is -0.451 e. The zero-order valence-electron chi connectivity index (χ0n) is 18.9. The van der Waals surface area contributed by atoms with Crippen molar-refractivity contribution in [2.75, 3.05) is 19.7 Å². The van der Waals surface area contributed by atoms with Gasteiger partial charge in [-0.25, -0.2) is 4.79 Å². The molecule has 1 saturated heterocycles. The Labute approximate surface area is 179 Å². The first kappa shape index (κ1) is 23.7. The number of ether oxygens (including phenoxy) is 2. The Morgan fingerprint density at radius 2 is 1.93 bits per heavy atom. The predicted molar refractivity (Wildman–Crippen MR) is 114 cm³/mol. The number of carbonyl (C=O) groups is 2. The Balaban J connectivity index is 2.04. The number of carbonyl (C=O) groups excluding carboxylic acids is 2. The van der Waals surface area contributed by atoms with Crippen LogP contribution in [0.15, 0.2) is 11.6 Å². The van der Waals surface area contributed by atoms with Crippen molar-refractivity contribution in [2.24, 2.45) is 5.92 Å². The van der Waals surface area contributed by atoms with Crippen molar-refractivity contribution < 1.29 is 19.1 Å². The summed E-state index contributed by atoms with van der Waals surface area (Å²) in [7, 11) is 0. The molecule has 0 bridgehead atoms. The second-order valence-electron chi connectivity index (χ2n) is 8.46. The normalized spacial score (nSPS) is 19.7. The van der Waals surface area contributed by atoms with E-state index < -0.39 is 5.97 Å². The van der Waals surface area contributed by atoms with Gasteiger partial charge in [-0.1, -0.05) is 13.8 Å². The summed E-state index contributed by atoms with van der Waals surface area (Å²) in [5, 5.41) is 9.45. The molecule has 0 saturated carbocycles. The third-order valence-electron chi connectivity index (χ3n) is 5.28. The lowest BCUT2D eigenvalue weighted by atomic mass is 10.1. The summed E-state index contributed by atoms with van der Waals surface area (Å²) in [5.74, 6) is -0.480. The zero-order chi connectivity index (χ0) is 22.4. The molecule has 7 heteroatoms. The first-order valence-electron chi connectivity index (χ1n) is 10.5. The van der Waals surface area contributed by atoms with E-state index in [9.17, 15) is 14.9 Å². The van der Waals surface area contributed by atoms with Crippen molar-refractivity contribution in [1.82, 2.24) is 9.47 Å². The topological polar surface area (TPSA) is 84.6 Å². The van der Waals surface area contributed by atoms with Gasteiger partial charge < -0.3 is 18.9 Å². The lowest BCUT2D eigenvalue weighted by molar-refractivity contribution is -0.154. The average Bonchev–Trinajstić information content (AvgIpc) is 2.94. The van der Waals surface area contributed by atoms with Gasteiger partial charge in [0.15, 0.2) is 6.61 Å². The molecule has 2 rings (SSSR count). The summed E-state index contributed by atoms with van der Waals surface area (Å²) in [4.78, 5) is 26.4. The molecule has 0 aliphatic carbocycles. The molecule has 1 amide bonds. The van der Waals surface area contributed by atoms with Gasteiger partial charge in [0.2, 0.25) is 0 Å². The van der Waals surface area contributed by atoms with Crippen molar-refractivity contribution in [2.45, 2.75) is 66.7 Å². The molecule has 30 heavy (non-hydrogen) atoms. The molecule has 0 radical (unpaired) electrons. The number of nitrogens with zero attached hydrogens (tertiary/aromatic N) is 3. The standard InChI is InChI=1S/C23H33N3O4/c1-15(2)7-8-26-16(3)9-20(19(26)6)10-21(11-24)23(28)29-14-22(27)25-12-17(4)30-18(5)13-25/h9-10,15,17-18H,7-8,12-14H2,1-6H3/b21-10+/t17-,18-/m0/s1. The molecule has 7 nitrogen and oxygen atoms in total. The van der Waals surface area contributed by atoms with Gasteiger partial charge in [0.25, 0.3) is 5.91 Å². The van der Waals surface area contributed by atoms with Crippen molar-refractivity contribution >= 4 is 18.0 Å². The third kappa shape index (κ3) is 6.20. The minimum absolute atomic E-state index is 0.0612. The fraction of sp³-hybridized carbons (Fsp3) is 0.609. The van der Waals surface area contributed by atoms with E-state index in [0.717, 1.165) is 29.9 Å². The van der Waals surface area contributed by atoms with Crippen LogP contribution in [0.3, 0.4) is 0 Å². The summed E-state index contributed by atoms with van der Waals surface area (Å²) in [6.45, 7) is 13.6. The predicted octanol–water partition coefficient (Wildman–Crippen LogP) is 3.24. The number of aryl methyl sites for hydroxylation is 1. The SMILES string of the molecule is Cc1cc(/C=C(\C#N)C(=O)OCC(=O)N2C[C@H](C)O[C@@H](C)C2)c(C)n1CCC(C)C. The molecule has 2 heterocycles. The Kier molecular flexibility index (Phi) is 8.24. The average molecular weight is 416 g/mol. The molecular weight excluding hydrogens is 382 g/mol. The van der Waals surface area contributed by atoms with Crippen LogP contribution in [0.4, 0.5) is 0 Å². The van der Waals surface area contributed by atoms with Crippen LogP contribution >= 0.6 is 0 Å². The molecule has 1 aromatic rings. The maximum Gasteiger partial charge on any atom is 0.349 e. The Bertz CT molecular complexity index is 837. The van der Waals surface area contributed by atoms with Crippen LogP contribution in [-0.4, -0.2) is 53.2 Å². The van der Waals surface area contributed by atoms with E-state index in [1.54, 1.807) is 11.0 Å². The number of esters is 1. The van der Waals surface area contributed by atoms with Gasteiger partial charge in [0.1, 0.15) is 11.6 Å². The summed E-state index contributed by atoms with van der Waals surface area (Å²) < 4.78 is 12.9. The molecule has 0 spiro atoms.